The van der Waals surface area contributed by atoms with Gasteiger partial charge in [0.2, 0.25) is 0 Å². The Labute approximate surface area is 83.0 Å². The Balaban J connectivity index is 3.78. The summed E-state index contributed by atoms with van der Waals surface area (Å²) in [6.45, 7) is 3.95. The third-order valence-electron chi connectivity index (χ3n) is 1.21. The van der Waals surface area contributed by atoms with Crippen LogP contribution in [0.4, 0.5) is 0 Å². The van der Waals surface area contributed by atoms with Crippen molar-refractivity contribution in [2.75, 3.05) is 13.2 Å². The Morgan fingerprint density at radius 3 is 2.23 bits per heavy atom. The number of rotatable bonds is 5. The van der Waals surface area contributed by atoms with E-state index in [1.54, 1.807) is 13.8 Å². The van der Waals surface area contributed by atoms with E-state index in [1.807, 2.05) is 0 Å². The fourth-order valence-electron chi connectivity index (χ4n) is 0.690. The van der Waals surface area contributed by atoms with Crippen LogP contribution in [0.2, 0.25) is 0 Å². The van der Waals surface area contributed by atoms with Gasteiger partial charge in [0, 0.05) is 0 Å². The summed E-state index contributed by atoms with van der Waals surface area (Å²) in [6.07, 6.45) is -0.0952. The summed E-state index contributed by atoms with van der Waals surface area (Å²) in [6, 6.07) is 0. The highest BCUT2D eigenvalue weighted by Gasteiger charge is 2.20. The monoisotopic (exact) mass is 205 g/mol. The van der Waals surface area contributed by atoms with Crippen molar-refractivity contribution in [2.45, 2.75) is 25.5 Å². The van der Waals surface area contributed by atoms with E-state index in [0.717, 1.165) is 0 Å². The van der Waals surface area contributed by atoms with E-state index in [-0.39, 0.29) is 13.0 Å². The van der Waals surface area contributed by atoms with Crippen LogP contribution in [0, 0.1) is 0 Å². The lowest BCUT2D eigenvalue weighted by Gasteiger charge is -2.07. The smallest absolute Gasteiger partial charge is 0.320 e. The summed E-state index contributed by atoms with van der Waals surface area (Å²) in [4.78, 5) is 21.8. The zero-order valence-corrected chi connectivity index (χ0v) is 8.56. The molecule has 0 amide bonds. The fraction of sp³-hybridized carbons (Fsp3) is 0.750. The van der Waals surface area contributed by atoms with Gasteiger partial charge in [-0.25, -0.2) is 0 Å². The topological polar surface area (TPSA) is 52.6 Å². The number of carbonyl (C=O) groups is 2. The van der Waals surface area contributed by atoms with Gasteiger partial charge in [-0.05, 0) is 13.8 Å². The maximum absolute atomic E-state index is 10.9. The maximum atomic E-state index is 10.9. The minimum Gasteiger partial charge on any atom is -0.466 e. The zero-order chi connectivity index (χ0) is 10.3. The third kappa shape index (κ3) is 5.52. The van der Waals surface area contributed by atoms with Crippen LogP contribution in [0.15, 0.2) is 0 Å². The van der Waals surface area contributed by atoms with Crippen LogP contribution in [0.1, 0.15) is 20.3 Å². The fourth-order valence-corrected chi connectivity index (χ4v) is 0.894. The van der Waals surface area contributed by atoms with E-state index in [0.29, 0.717) is 6.61 Å². The average molecular weight is 205 g/mol. The summed E-state index contributed by atoms with van der Waals surface area (Å²) in [5.41, 5.74) is 0. The first-order valence-corrected chi connectivity index (χ1v) is 4.57. The number of carbonyl (C=O) groups excluding carboxylic acids is 2. The molecule has 0 saturated heterocycles. The van der Waals surface area contributed by atoms with Crippen molar-refractivity contribution in [1.29, 1.82) is 0 Å². The Morgan fingerprint density at radius 1 is 1.23 bits per heavy atom. The molecule has 0 aromatic heterocycles. The molecule has 0 aliphatic heterocycles. The molecule has 0 N–H and O–H groups in total. The minimum absolute atomic E-state index is 0.0952. The van der Waals surface area contributed by atoms with Crippen molar-refractivity contribution in [3.05, 3.63) is 0 Å². The molecule has 4 nitrogen and oxygen atoms in total. The standard InChI is InChI=1S/C8H13O4S/c1-3-11-7(9)5-6(13)8(10)12-4-2/h6H,3-5H2,1-2H3. The normalized spacial score (nSPS) is 11.9. The molecule has 1 atom stereocenters. The molecule has 0 rings (SSSR count). The Morgan fingerprint density at radius 2 is 1.77 bits per heavy atom. The second-order valence-corrected chi connectivity index (χ2v) is 2.82. The van der Waals surface area contributed by atoms with Crippen molar-refractivity contribution < 1.29 is 19.1 Å². The van der Waals surface area contributed by atoms with Crippen LogP contribution in [0.3, 0.4) is 0 Å². The van der Waals surface area contributed by atoms with Crippen molar-refractivity contribution in [2.24, 2.45) is 0 Å². The molecule has 0 aliphatic carbocycles. The molecular formula is C8H13O4S. The van der Waals surface area contributed by atoms with Crippen molar-refractivity contribution in [3.8, 4) is 0 Å². The molecule has 0 aromatic carbocycles. The van der Waals surface area contributed by atoms with Crippen LogP contribution in [-0.4, -0.2) is 30.4 Å². The number of ether oxygens (including phenoxy) is 2. The predicted octanol–water partition coefficient (Wildman–Crippen LogP) is 1.07. The largest absolute Gasteiger partial charge is 0.466 e. The molecule has 0 heterocycles. The third-order valence-corrected chi connectivity index (χ3v) is 1.57. The van der Waals surface area contributed by atoms with Crippen LogP contribution in [0.25, 0.3) is 0 Å². The first kappa shape index (κ1) is 12.3. The molecular weight excluding hydrogens is 192 g/mol. The van der Waals surface area contributed by atoms with Gasteiger partial charge < -0.3 is 9.47 Å². The number of esters is 2. The first-order chi connectivity index (χ1) is 6.11. The van der Waals surface area contributed by atoms with Gasteiger partial charge in [-0.1, -0.05) is 12.6 Å². The SMILES string of the molecule is CCOC(=O)CC([S])C(=O)OCC. The second kappa shape index (κ2) is 6.77. The van der Waals surface area contributed by atoms with Crippen molar-refractivity contribution >= 4 is 24.6 Å². The zero-order valence-electron chi connectivity index (χ0n) is 7.74. The first-order valence-electron chi connectivity index (χ1n) is 4.09. The molecule has 0 bridgehead atoms. The van der Waals surface area contributed by atoms with E-state index < -0.39 is 17.2 Å². The Bertz CT molecular complexity index is 181. The summed E-state index contributed by atoms with van der Waals surface area (Å²) < 4.78 is 9.26. The molecule has 0 fully saturated rings. The molecule has 75 valence electrons. The van der Waals surface area contributed by atoms with Gasteiger partial charge in [0.05, 0.1) is 19.6 Å². The number of hydrogen-bond donors (Lipinski definition) is 0. The molecule has 0 aliphatic rings. The second-order valence-electron chi connectivity index (χ2n) is 2.25. The lowest BCUT2D eigenvalue weighted by molar-refractivity contribution is -0.149. The van der Waals surface area contributed by atoms with Crippen molar-refractivity contribution in [1.82, 2.24) is 0 Å². The van der Waals surface area contributed by atoms with Gasteiger partial charge in [0.15, 0.2) is 0 Å². The average Bonchev–Trinajstić information content (AvgIpc) is 2.05. The van der Waals surface area contributed by atoms with Gasteiger partial charge in [-0.3, -0.25) is 9.59 Å². The van der Waals surface area contributed by atoms with E-state index >= 15 is 0 Å². The molecule has 1 unspecified atom stereocenters. The molecule has 0 spiro atoms. The van der Waals surface area contributed by atoms with Gasteiger partial charge in [-0.2, -0.15) is 0 Å². The van der Waals surface area contributed by atoms with E-state index in [2.05, 4.69) is 9.47 Å². The van der Waals surface area contributed by atoms with Gasteiger partial charge in [0.25, 0.3) is 0 Å². The van der Waals surface area contributed by atoms with E-state index in [4.69, 9.17) is 12.6 Å². The van der Waals surface area contributed by atoms with Crippen LogP contribution >= 0.6 is 12.6 Å². The van der Waals surface area contributed by atoms with E-state index in [9.17, 15) is 9.59 Å². The highest BCUT2D eigenvalue weighted by molar-refractivity contribution is 7.81. The molecule has 5 heteroatoms. The lowest BCUT2D eigenvalue weighted by atomic mass is 10.3. The van der Waals surface area contributed by atoms with E-state index in [1.165, 1.54) is 0 Å². The summed E-state index contributed by atoms with van der Waals surface area (Å²) in [7, 11) is 0. The molecule has 13 heavy (non-hydrogen) atoms. The Kier molecular flexibility index (Phi) is 6.40. The lowest BCUT2D eigenvalue weighted by Crippen LogP contribution is -2.22. The van der Waals surface area contributed by atoms with Crippen molar-refractivity contribution in [3.63, 3.8) is 0 Å². The highest BCUT2D eigenvalue weighted by atomic mass is 32.1. The quantitative estimate of drug-likeness (QED) is 0.630. The predicted molar refractivity (Wildman–Crippen MR) is 49.3 cm³/mol. The maximum Gasteiger partial charge on any atom is 0.320 e. The number of hydrogen-bond acceptors (Lipinski definition) is 4. The molecule has 1 radical (unpaired) electrons. The Hall–Kier alpha value is -0.710. The van der Waals surface area contributed by atoms with Crippen LogP contribution in [0.5, 0.6) is 0 Å². The molecule has 0 saturated carbocycles. The van der Waals surface area contributed by atoms with Gasteiger partial charge in [0.1, 0.15) is 5.25 Å². The summed E-state index contributed by atoms with van der Waals surface area (Å²) in [5.74, 6) is -0.999. The van der Waals surface area contributed by atoms with Crippen LogP contribution in [-0.2, 0) is 19.1 Å². The summed E-state index contributed by atoms with van der Waals surface area (Å²) >= 11 is 4.74. The van der Waals surface area contributed by atoms with Gasteiger partial charge in [-0.15, -0.1) is 0 Å². The molecule has 0 aromatic rings. The summed E-state index contributed by atoms with van der Waals surface area (Å²) in [5, 5.41) is -0.834. The minimum atomic E-state index is -0.834. The van der Waals surface area contributed by atoms with Crippen LogP contribution < -0.4 is 0 Å². The van der Waals surface area contributed by atoms with Gasteiger partial charge >= 0.3 is 11.9 Å². The highest BCUT2D eigenvalue weighted by Crippen LogP contribution is 2.05.